The molecule has 1 heterocycles. The molecule has 2 fully saturated rings. The second kappa shape index (κ2) is 3.80. The molecule has 14 heavy (non-hydrogen) atoms. The first-order valence-electron chi connectivity index (χ1n) is 5.85. The number of likely N-dealkylation sites (N-methyl/N-ethyl adjacent to an activating group) is 1. The van der Waals surface area contributed by atoms with E-state index in [9.17, 15) is 5.11 Å². The van der Waals surface area contributed by atoms with Crippen LogP contribution in [0.3, 0.4) is 0 Å². The fourth-order valence-electron chi connectivity index (χ4n) is 2.45. The maximum atomic E-state index is 10.4. The molecule has 82 valence electrons. The van der Waals surface area contributed by atoms with E-state index in [4.69, 9.17) is 0 Å². The van der Waals surface area contributed by atoms with E-state index in [0.717, 1.165) is 32.1 Å². The molecule has 0 aromatic rings. The van der Waals surface area contributed by atoms with Crippen LogP contribution in [-0.2, 0) is 0 Å². The Kier molecular flexibility index (Phi) is 2.82. The summed E-state index contributed by atoms with van der Waals surface area (Å²) in [5.74, 6) is 0. The SMILES string of the molecule is CCNC(C)C1(O)CCN(C2CC2)C1. The molecule has 0 bridgehead atoms. The molecule has 2 aliphatic rings. The van der Waals surface area contributed by atoms with Crippen LogP contribution in [0.15, 0.2) is 0 Å². The van der Waals surface area contributed by atoms with Gasteiger partial charge in [0.15, 0.2) is 0 Å². The summed E-state index contributed by atoms with van der Waals surface area (Å²) >= 11 is 0. The van der Waals surface area contributed by atoms with Gasteiger partial charge >= 0.3 is 0 Å². The Balaban J connectivity index is 1.89. The fraction of sp³-hybridized carbons (Fsp3) is 1.00. The van der Waals surface area contributed by atoms with Crippen molar-refractivity contribution < 1.29 is 5.11 Å². The molecule has 3 nitrogen and oxygen atoms in total. The van der Waals surface area contributed by atoms with Gasteiger partial charge in [0.1, 0.15) is 0 Å². The lowest BCUT2D eigenvalue weighted by Crippen LogP contribution is -2.50. The molecule has 0 amide bonds. The van der Waals surface area contributed by atoms with Crippen molar-refractivity contribution in [1.82, 2.24) is 10.2 Å². The Labute approximate surface area is 86.5 Å². The molecule has 2 atom stereocenters. The minimum atomic E-state index is -0.487. The third kappa shape index (κ3) is 1.95. The van der Waals surface area contributed by atoms with Gasteiger partial charge in [-0.2, -0.15) is 0 Å². The van der Waals surface area contributed by atoms with E-state index in [1.54, 1.807) is 0 Å². The van der Waals surface area contributed by atoms with E-state index < -0.39 is 5.60 Å². The summed E-state index contributed by atoms with van der Waals surface area (Å²) in [6.45, 7) is 7.07. The van der Waals surface area contributed by atoms with Gasteiger partial charge in [-0.1, -0.05) is 6.92 Å². The number of β-amino-alcohol motifs (C(OH)–C–C–N with tert-alkyl or cyclic N) is 1. The average molecular weight is 198 g/mol. The normalized spacial score (nSPS) is 36.2. The molecule has 1 aliphatic carbocycles. The van der Waals surface area contributed by atoms with Crippen molar-refractivity contribution in [3.63, 3.8) is 0 Å². The molecule has 3 heteroatoms. The maximum absolute atomic E-state index is 10.4. The van der Waals surface area contributed by atoms with Crippen molar-refractivity contribution in [3.8, 4) is 0 Å². The zero-order chi connectivity index (χ0) is 10.2. The van der Waals surface area contributed by atoms with Crippen LogP contribution in [0.4, 0.5) is 0 Å². The first kappa shape index (κ1) is 10.4. The highest BCUT2D eigenvalue weighted by atomic mass is 16.3. The van der Waals surface area contributed by atoms with Crippen LogP contribution in [0.2, 0.25) is 0 Å². The van der Waals surface area contributed by atoms with Crippen molar-refractivity contribution in [2.24, 2.45) is 0 Å². The van der Waals surface area contributed by atoms with Gasteiger partial charge < -0.3 is 10.4 Å². The molecule has 0 aromatic carbocycles. The number of likely N-dealkylation sites (tertiary alicyclic amines) is 1. The summed E-state index contributed by atoms with van der Waals surface area (Å²) in [5, 5.41) is 13.8. The number of aliphatic hydroxyl groups is 1. The molecule has 2 N–H and O–H groups in total. The van der Waals surface area contributed by atoms with Crippen LogP contribution in [0.1, 0.15) is 33.1 Å². The summed E-state index contributed by atoms with van der Waals surface area (Å²) in [5.41, 5.74) is -0.487. The zero-order valence-corrected chi connectivity index (χ0v) is 9.29. The molecule has 2 rings (SSSR count). The van der Waals surface area contributed by atoms with Crippen LogP contribution in [-0.4, -0.2) is 47.3 Å². The van der Waals surface area contributed by atoms with Crippen LogP contribution >= 0.6 is 0 Å². The molecular formula is C11H22N2O. The zero-order valence-electron chi connectivity index (χ0n) is 9.29. The lowest BCUT2D eigenvalue weighted by molar-refractivity contribution is 0.0164. The summed E-state index contributed by atoms with van der Waals surface area (Å²) in [6, 6.07) is 1.01. The highest BCUT2D eigenvalue weighted by molar-refractivity contribution is 5.01. The van der Waals surface area contributed by atoms with Gasteiger partial charge in [0.2, 0.25) is 0 Å². The molecule has 1 aliphatic heterocycles. The van der Waals surface area contributed by atoms with Crippen molar-refractivity contribution in [3.05, 3.63) is 0 Å². The monoisotopic (exact) mass is 198 g/mol. The summed E-state index contributed by atoms with van der Waals surface area (Å²) in [7, 11) is 0. The van der Waals surface area contributed by atoms with Crippen LogP contribution < -0.4 is 5.32 Å². The molecule has 0 spiro atoms. The Morgan fingerprint density at radius 3 is 2.86 bits per heavy atom. The fourth-order valence-corrected chi connectivity index (χ4v) is 2.45. The summed E-state index contributed by atoms with van der Waals surface area (Å²) < 4.78 is 0. The predicted molar refractivity (Wildman–Crippen MR) is 57.3 cm³/mol. The minimum absolute atomic E-state index is 0.219. The molecule has 2 unspecified atom stereocenters. The smallest absolute Gasteiger partial charge is 0.0935 e. The Bertz CT molecular complexity index is 205. The van der Waals surface area contributed by atoms with Crippen molar-refractivity contribution in [1.29, 1.82) is 0 Å². The van der Waals surface area contributed by atoms with E-state index >= 15 is 0 Å². The van der Waals surface area contributed by atoms with Crippen LogP contribution in [0.5, 0.6) is 0 Å². The molecule has 0 aromatic heterocycles. The van der Waals surface area contributed by atoms with Crippen molar-refractivity contribution in [2.45, 2.75) is 50.8 Å². The third-order valence-electron chi connectivity index (χ3n) is 3.69. The lowest BCUT2D eigenvalue weighted by atomic mass is 9.94. The van der Waals surface area contributed by atoms with Gasteiger partial charge in [-0.3, -0.25) is 4.90 Å². The first-order chi connectivity index (χ1) is 6.65. The number of hydrogen-bond donors (Lipinski definition) is 2. The maximum Gasteiger partial charge on any atom is 0.0935 e. The number of rotatable bonds is 4. The highest BCUT2D eigenvalue weighted by Crippen LogP contribution is 2.34. The van der Waals surface area contributed by atoms with Gasteiger partial charge in [0.05, 0.1) is 5.60 Å². The second-order valence-corrected chi connectivity index (χ2v) is 4.83. The lowest BCUT2D eigenvalue weighted by Gasteiger charge is -2.30. The quantitative estimate of drug-likeness (QED) is 0.694. The number of nitrogens with one attached hydrogen (secondary N) is 1. The Morgan fingerprint density at radius 2 is 2.29 bits per heavy atom. The van der Waals surface area contributed by atoms with Crippen molar-refractivity contribution in [2.75, 3.05) is 19.6 Å². The molecule has 0 radical (unpaired) electrons. The van der Waals surface area contributed by atoms with E-state index in [-0.39, 0.29) is 6.04 Å². The first-order valence-corrected chi connectivity index (χ1v) is 5.85. The summed E-state index contributed by atoms with van der Waals surface area (Å²) in [4.78, 5) is 2.45. The van der Waals surface area contributed by atoms with E-state index in [1.165, 1.54) is 12.8 Å². The van der Waals surface area contributed by atoms with Crippen LogP contribution in [0.25, 0.3) is 0 Å². The standard InChI is InChI=1S/C11H22N2O/c1-3-12-9(2)11(14)6-7-13(8-11)10-4-5-10/h9-10,12,14H,3-8H2,1-2H3. The van der Waals surface area contributed by atoms with Gasteiger partial charge in [0, 0.05) is 25.2 Å². The second-order valence-electron chi connectivity index (χ2n) is 4.83. The van der Waals surface area contributed by atoms with Crippen LogP contribution in [0, 0.1) is 0 Å². The van der Waals surface area contributed by atoms with E-state index in [0.29, 0.717) is 0 Å². The van der Waals surface area contributed by atoms with Crippen molar-refractivity contribution >= 4 is 0 Å². The molecule has 1 saturated carbocycles. The predicted octanol–water partition coefficient (Wildman–Crippen LogP) is 0.584. The molecular weight excluding hydrogens is 176 g/mol. The topological polar surface area (TPSA) is 35.5 Å². The number of hydrogen-bond acceptors (Lipinski definition) is 3. The highest BCUT2D eigenvalue weighted by Gasteiger charge is 2.44. The van der Waals surface area contributed by atoms with E-state index in [2.05, 4.69) is 24.1 Å². The Hall–Kier alpha value is -0.120. The van der Waals surface area contributed by atoms with Gasteiger partial charge in [-0.25, -0.2) is 0 Å². The molecule has 1 saturated heterocycles. The largest absolute Gasteiger partial charge is 0.387 e. The van der Waals surface area contributed by atoms with Gasteiger partial charge in [-0.15, -0.1) is 0 Å². The average Bonchev–Trinajstić information content (AvgIpc) is 2.91. The summed E-state index contributed by atoms with van der Waals surface area (Å²) in [6.07, 6.45) is 3.61. The van der Waals surface area contributed by atoms with Gasteiger partial charge in [0.25, 0.3) is 0 Å². The minimum Gasteiger partial charge on any atom is -0.387 e. The van der Waals surface area contributed by atoms with Gasteiger partial charge in [-0.05, 0) is 32.7 Å². The third-order valence-corrected chi connectivity index (χ3v) is 3.69. The Morgan fingerprint density at radius 1 is 1.57 bits per heavy atom. The van der Waals surface area contributed by atoms with E-state index in [1.807, 2.05) is 0 Å². The number of nitrogens with zero attached hydrogens (tertiary/aromatic N) is 1.